The zero-order valence-corrected chi connectivity index (χ0v) is 11.2. The van der Waals surface area contributed by atoms with E-state index in [9.17, 15) is 9.59 Å². The van der Waals surface area contributed by atoms with E-state index >= 15 is 0 Å². The van der Waals surface area contributed by atoms with Gasteiger partial charge in [-0.1, -0.05) is 13.5 Å². The van der Waals surface area contributed by atoms with Crippen molar-refractivity contribution in [1.82, 2.24) is 0 Å². The van der Waals surface area contributed by atoms with Gasteiger partial charge >= 0.3 is 11.9 Å². The molecular weight excluding hydrogens is 220 g/mol. The van der Waals surface area contributed by atoms with Gasteiger partial charge in [0.15, 0.2) is 0 Å². The van der Waals surface area contributed by atoms with Gasteiger partial charge in [-0.25, -0.2) is 4.79 Å². The first-order valence-corrected chi connectivity index (χ1v) is 5.83. The van der Waals surface area contributed by atoms with Gasteiger partial charge in [-0.15, -0.1) is 0 Å². The molecule has 0 bridgehead atoms. The summed E-state index contributed by atoms with van der Waals surface area (Å²) in [5.74, 6) is -0.685. The molecule has 0 radical (unpaired) electrons. The Morgan fingerprint density at radius 1 is 1.29 bits per heavy atom. The van der Waals surface area contributed by atoms with E-state index in [0.717, 1.165) is 6.42 Å². The predicted octanol–water partition coefficient (Wildman–Crippen LogP) is 2.62. The molecular formula is C13H22O4. The van der Waals surface area contributed by atoms with Crippen molar-refractivity contribution >= 4 is 11.9 Å². The quantitative estimate of drug-likeness (QED) is 0.391. The fraction of sp³-hybridized carbons (Fsp3) is 0.692. The normalized spacial score (nSPS) is 10.8. The van der Waals surface area contributed by atoms with Crippen LogP contribution >= 0.6 is 0 Å². The number of esters is 2. The lowest BCUT2D eigenvalue weighted by Crippen LogP contribution is -2.27. The summed E-state index contributed by atoms with van der Waals surface area (Å²) in [5.41, 5.74) is -0.0643. The summed E-state index contributed by atoms with van der Waals surface area (Å²) in [7, 11) is 0. The second kappa shape index (κ2) is 7.09. The Morgan fingerprint density at radius 3 is 2.35 bits per heavy atom. The highest BCUT2D eigenvalue weighted by Crippen LogP contribution is 2.14. The van der Waals surface area contributed by atoms with Gasteiger partial charge < -0.3 is 9.47 Å². The maximum absolute atomic E-state index is 11.4. The van der Waals surface area contributed by atoms with Crippen LogP contribution in [-0.4, -0.2) is 24.1 Å². The van der Waals surface area contributed by atoms with Gasteiger partial charge in [-0.05, 0) is 33.6 Å². The van der Waals surface area contributed by atoms with Crippen molar-refractivity contribution in [2.45, 2.75) is 52.6 Å². The van der Waals surface area contributed by atoms with Crippen LogP contribution in [0.1, 0.15) is 47.0 Å². The van der Waals surface area contributed by atoms with Crippen molar-refractivity contribution in [1.29, 1.82) is 0 Å². The van der Waals surface area contributed by atoms with E-state index in [4.69, 9.17) is 9.47 Å². The summed E-state index contributed by atoms with van der Waals surface area (Å²) in [6.07, 6.45) is 1.49. The molecule has 0 aliphatic rings. The summed E-state index contributed by atoms with van der Waals surface area (Å²) < 4.78 is 10.1. The standard InChI is InChI=1S/C13H22O4/c1-6-13(4,5)17-11(14)8-7-9-16-12(15)10(2)3/h2,6-9H2,1,3-5H3. The summed E-state index contributed by atoms with van der Waals surface area (Å²) in [4.78, 5) is 22.4. The predicted molar refractivity (Wildman–Crippen MR) is 65.5 cm³/mol. The van der Waals surface area contributed by atoms with Crippen molar-refractivity contribution in [2.75, 3.05) is 6.61 Å². The average Bonchev–Trinajstić information content (AvgIpc) is 2.23. The van der Waals surface area contributed by atoms with E-state index in [2.05, 4.69) is 6.58 Å². The molecule has 4 heteroatoms. The molecule has 0 saturated carbocycles. The summed E-state index contributed by atoms with van der Waals surface area (Å²) in [6, 6.07) is 0. The van der Waals surface area contributed by atoms with E-state index in [-0.39, 0.29) is 19.0 Å². The Morgan fingerprint density at radius 2 is 1.88 bits per heavy atom. The van der Waals surface area contributed by atoms with E-state index in [1.807, 2.05) is 20.8 Å². The van der Waals surface area contributed by atoms with Crippen LogP contribution in [-0.2, 0) is 19.1 Å². The highest BCUT2D eigenvalue weighted by atomic mass is 16.6. The van der Waals surface area contributed by atoms with E-state index in [1.165, 1.54) is 0 Å². The molecule has 0 atom stereocenters. The summed E-state index contributed by atoms with van der Waals surface area (Å²) in [6.45, 7) is 11.0. The van der Waals surface area contributed by atoms with Crippen LogP contribution in [0.15, 0.2) is 12.2 Å². The van der Waals surface area contributed by atoms with Crippen LogP contribution in [0.4, 0.5) is 0 Å². The van der Waals surface area contributed by atoms with Crippen LogP contribution in [0.3, 0.4) is 0 Å². The fourth-order valence-corrected chi connectivity index (χ4v) is 0.936. The van der Waals surface area contributed by atoms with E-state index in [1.54, 1.807) is 6.92 Å². The lowest BCUT2D eigenvalue weighted by molar-refractivity contribution is -0.157. The smallest absolute Gasteiger partial charge is 0.333 e. The number of carbonyl (C=O) groups excluding carboxylic acids is 2. The Labute approximate surface area is 103 Å². The van der Waals surface area contributed by atoms with Crippen LogP contribution in [0, 0.1) is 0 Å². The molecule has 0 amide bonds. The molecule has 0 aliphatic carbocycles. The zero-order chi connectivity index (χ0) is 13.5. The van der Waals surface area contributed by atoms with Crippen molar-refractivity contribution in [3.63, 3.8) is 0 Å². The lowest BCUT2D eigenvalue weighted by atomic mass is 10.1. The van der Waals surface area contributed by atoms with Crippen LogP contribution in [0.2, 0.25) is 0 Å². The van der Waals surface area contributed by atoms with Crippen molar-refractivity contribution in [2.24, 2.45) is 0 Å². The highest BCUT2D eigenvalue weighted by molar-refractivity contribution is 5.86. The molecule has 0 aromatic carbocycles. The minimum atomic E-state index is -0.425. The number of rotatable bonds is 7. The molecule has 0 N–H and O–H groups in total. The topological polar surface area (TPSA) is 52.6 Å². The van der Waals surface area contributed by atoms with Crippen LogP contribution in [0.25, 0.3) is 0 Å². The van der Waals surface area contributed by atoms with Gasteiger partial charge in [0.1, 0.15) is 5.60 Å². The molecule has 17 heavy (non-hydrogen) atoms. The molecule has 0 fully saturated rings. The maximum Gasteiger partial charge on any atom is 0.333 e. The number of ether oxygens (including phenoxy) is 2. The first kappa shape index (κ1) is 15.7. The molecule has 0 aromatic rings. The van der Waals surface area contributed by atoms with Gasteiger partial charge in [-0.2, -0.15) is 0 Å². The van der Waals surface area contributed by atoms with E-state index in [0.29, 0.717) is 12.0 Å². The van der Waals surface area contributed by atoms with Crippen LogP contribution in [0.5, 0.6) is 0 Å². The third kappa shape index (κ3) is 7.55. The molecule has 0 saturated heterocycles. The Bertz CT molecular complexity index is 292. The lowest BCUT2D eigenvalue weighted by Gasteiger charge is -2.23. The molecule has 0 spiro atoms. The second-order valence-corrected chi connectivity index (χ2v) is 4.61. The molecule has 0 aliphatic heterocycles. The SMILES string of the molecule is C=C(C)C(=O)OCCCC(=O)OC(C)(C)CC. The van der Waals surface area contributed by atoms with Gasteiger partial charge in [0.05, 0.1) is 6.61 Å². The van der Waals surface area contributed by atoms with Gasteiger partial charge in [0, 0.05) is 12.0 Å². The molecule has 0 unspecified atom stereocenters. The summed E-state index contributed by atoms with van der Waals surface area (Å²) >= 11 is 0. The molecule has 98 valence electrons. The monoisotopic (exact) mass is 242 g/mol. The second-order valence-electron chi connectivity index (χ2n) is 4.61. The van der Waals surface area contributed by atoms with Crippen molar-refractivity contribution in [3.05, 3.63) is 12.2 Å². The maximum atomic E-state index is 11.4. The number of hydrogen-bond donors (Lipinski definition) is 0. The first-order chi connectivity index (χ1) is 7.78. The van der Waals surface area contributed by atoms with Gasteiger partial charge in [-0.3, -0.25) is 4.79 Å². The molecule has 4 nitrogen and oxygen atoms in total. The first-order valence-electron chi connectivity index (χ1n) is 5.83. The van der Waals surface area contributed by atoms with Crippen molar-refractivity contribution < 1.29 is 19.1 Å². The van der Waals surface area contributed by atoms with Crippen LogP contribution < -0.4 is 0 Å². The number of carbonyl (C=O) groups is 2. The van der Waals surface area contributed by atoms with Gasteiger partial charge in [0.2, 0.25) is 0 Å². The average molecular weight is 242 g/mol. The Balaban J connectivity index is 3.73. The fourth-order valence-electron chi connectivity index (χ4n) is 0.936. The molecule has 0 rings (SSSR count). The largest absolute Gasteiger partial charge is 0.462 e. The zero-order valence-electron chi connectivity index (χ0n) is 11.2. The third-order valence-corrected chi connectivity index (χ3v) is 2.35. The number of hydrogen-bond acceptors (Lipinski definition) is 4. The molecule has 0 aromatic heterocycles. The summed E-state index contributed by atoms with van der Waals surface area (Å²) in [5, 5.41) is 0. The Hall–Kier alpha value is -1.32. The minimum absolute atomic E-state index is 0.216. The minimum Gasteiger partial charge on any atom is -0.462 e. The third-order valence-electron chi connectivity index (χ3n) is 2.35. The van der Waals surface area contributed by atoms with Gasteiger partial charge in [0.25, 0.3) is 0 Å². The van der Waals surface area contributed by atoms with E-state index < -0.39 is 11.6 Å². The van der Waals surface area contributed by atoms with Crippen molar-refractivity contribution in [3.8, 4) is 0 Å². The highest BCUT2D eigenvalue weighted by Gasteiger charge is 2.19. The molecule has 0 heterocycles. The Kier molecular flexibility index (Phi) is 6.54.